The average Bonchev–Trinajstić information content (AvgIpc) is 2.52. The van der Waals surface area contributed by atoms with Crippen LogP contribution < -0.4 is 5.32 Å². The average molecular weight is 295 g/mol. The van der Waals surface area contributed by atoms with E-state index >= 15 is 0 Å². The molecule has 0 aliphatic carbocycles. The molecule has 4 nitrogen and oxygen atoms in total. The molecule has 4 heteroatoms. The molecule has 1 N–H and O–H groups in total. The number of fused-ring (bicyclic) bond motifs is 1. The first-order valence-corrected chi connectivity index (χ1v) is 8.93. The topological polar surface area (TPSA) is 38.3 Å². The van der Waals surface area contributed by atoms with E-state index in [0.29, 0.717) is 12.5 Å². The molecule has 0 bridgehead atoms. The van der Waals surface area contributed by atoms with Crippen molar-refractivity contribution < 1.29 is 14.0 Å². The van der Waals surface area contributed by atoms with Crippen LogP contribution in [0.1, 0.15) is 51.4 Å². The predicted molar refractivity (Wildman–Crippen MR) is 82.9 cm³/mol. The second-order valence-corrected chi connectivity index (χ2v) is 7.52. The Hall–Kier alpha value is -0.610. The molecule has 0 spiro atoms. The zero-order valence-corrected chi connectivity index (χ0v) is 13.5. The van der Waals surface area contributed by atoms with Crippen LogP contribution >= 0.6 is 0 Å². The Labute approximate surface area is 128 Å². The van der Waals surface area contributed by atoms with Crippen LogP contribution in [0.3, 0.4) is 0 Å². The van der Waals surface area contributed by atoms with Gasteiger partial charge in [0.15, 0.2) is 0 Å². The number of hydrogen-bond donors (Lipinski definition) is 1. The van der Waals surface area contributed by atoms with Gasteiger partial charge < -0.3 is 14.5 Å². The third-order valence-corrected chi connectivity index (χ3v) is 6.04. The first-order valence-electron chi connectivity index (χ1n) is 8.93. The molecule has 0 aromatic rings. The monoisotopic (exact) mass is 295 g/mol. The highest BCUT2D eigenvalue weighted by atomic mass is 16.5. The van der Waals surface area contributed by atoms with Gasteiger partial charge in [0.25, 0.3) is 0 Å². The van der Waals surface area contributed by atoms with Crippen molar-refractivity contribution in [2.45, 2.75) is 63.5 Å². The molecule has 4 atom stereocenters. The summed E-state index contributed by atoms with van der Waals surface area (Å²) in [4.78, 5) is 12.2. The van der Waals surface area contributed by atoms with Crippen LogP contribution in [-0.4, -0.2) is 55.8 Å². The van der Waals surface area contributed by atoms with Crippen LogP contribution in [0.4, 0.5) is 0 Å². The van der Waals surface area contributed by atoms with Crippen molar-refractivity contribution in [1.29, 1.82) is 0 Å². The lowest BCUT2D eigenvalue weighted by molar-refractivity contribution is -0.947. The van der Waals surface area contributed by atoms with Crippen LogP contribution in [0.15, 0.2) is 0 Å². The van der Waals surface area contributed by atoms with Gasteiger partial charge in [-0.25, -0.2) is 0 Å². The van der Waals surface area contributed by atoms with E-state index in [1.54, 1.807) is 0 Å². The molecular weight excluding hydrogens is 264 g/mol. The molecule has 0 saturated carbocycles. The number of hydrogen-bond acceptors (Lipinski definition) is 3. The Morgan fingerprint density at radius 3 is 2.71 bits per heavy atom. The molecule has 0 unspecified atom stereocenters. The molecule has 3 rings (SSSR count). The number of carbonyl (C=O) groups excluding carboxylic acids is 1. The third-order valence-electron chi connectivity index (χ3n) is 6.04. The van der Waals surface area contributed by atoms with Crippen molar-refractivity contribution in [3.05, 3.63) is 0 Å². The van der Waals surface area contributed by atoms with Crippen LogP contribution in [0.2, 0.25) is 0 Å². The lowest BCUT2D eigenvalue weighted by Gasteiger charge is -2.51. The van der Waals surface area contributed by atoms with Gasteiger partial charge in [0.05, 0.1) is 32.8 Å². The second kappa shape index (κ2) is 6.66. The minimum atomic E-state index is -0.0467. The van der Waals surface area contributed by atoms with Gasteiger partial charge in [-0.1, -0.05) is 6.42 Å². The van der Waals surface area contributed by atoms with E-state index < -0.39 is 0 Å². The number of piperidine rings is 3. The van der Waals surface area contributed by atoms with Crippen molar-refractivity contribution in [1.82, 2.24) is 5.32 Å². The molecule has 0 radical (unpaired) electrons. The zero-order chi connectivity index (χ0) is 14.7. The summed E-state index contributed by atoms with van der Waals surface area (Å²) in [6, 6.07) is 0.675. The highest BCUT2D eigenvalue weighted by Crippen LogP contribution is 2.36. The van der Waals surface area contributed by atoms with E-state index in [1.165, 1.54) is 56.1 Å². The molecule has 21 heavy (non-hydrogen) atoms. The molecule has 3 fully saturated rings. The fraction of sp³-hybridized carbons (Fsp3) is 0.941. The lowest BCUT2D eigenvalue weighted by Crippen LogP contribution is -2.61. The maximum atomic E-state index is 12.2. The summed E-state index contributed by atoms with van der Waals surface area (Å²) in [5, 5.41) is 3.29. The van der Waals surface area contributed by atoms with Gasteiger partial charge in [-0.05, 0) is 45.1 Å². The minimum Gasteiger partial charge on any atom is -0.464 e. The molecule has 3 heterocycles. The van der Waals surface area contributed by atoms with Crippen LogP contribution in [0, 0.1) is 5.92 Å². The number of nitrogens with one attached hydrogen (secondary N) is 1. The summed E-state index contributed by atoms with van der Waals surface area (Å²) in [6.07, 6.45) is 9.85. The first-order chi connectivity index (χ1) is 10.2. The maximum absolute atomic E-state index is 12.2. The first kappa shape index (κ1) is 15.3. The molecule has 3 aliphatic rings. The molecule has 3 aliphatic heterocycles. The van der Waals surface area contributed by atoms with E-state index in [2.05, 4.69) is 12.4 Å². The van der Waals surface area contributed by atoms with Crippen LogP contribution in [0.5, 0.6) is 0 Å². The Bertz CT molecular complexity index is 364. The Kier molecular flexibility index (Phi) is 4.85. The van der Waals surface area contributed by atoms with Gasteiger partial charge in [-0.3, -0.25) is 4.79 Å². The summed E-state index contributed by atoms with van der Waals surface area (Å²) in [7, 11) is 2.42. The van der Waals surface area contributed by atoms with E-state index in [9.17, 15) is 4.79 Å². The minimum absolute atomic E-state index is 0.00899. The standard InChI is InChI=1S/C17H31N2O2/c1-19-11-5-3-9-16(19)14(7-6-12-19)13-21-17(20)15-8-2-4-10-18-15/h14-16,18H,2-13H2,1H3/q+1/t14-,15+,16+,19+/m0/s1. The number of quaternary nitrogens is 1. The van der Waals surface area contributed by atoms with Crippen molar-refractivity contribution >= 4 is 5.97 Å². The normalized spacial score (nSPS) is 40.3. The number of carbonyl (C=O) groups is 1. The molecule has 0 aromatic heterocycles. The lowest BCUT2D eigenvalue weighted by atomic mass is 9.82. The summed E-state index contributed by atoms with van der Waals surface area (Å²) in [5.74, 6) is 0.571. The second-order valence-electron chi connectivity index (χ2n) is 7.52. The van der Waals surface area contributed by atoms with Crippen molar-refractivity contribution in [3.63, 3.8) is 0 Å². The molecule has 0 amide bonds. The van der Waals surface area contributed by atoms with Gasteiger partial charge in [0.2, 0.25) is 0 Å². The molecule has 3 saturated heterocycles. The number of ether oxygens (including phenoxy) is 1. The van der Waals surface area contributed by atoms with Gasteiger partial charge in [0, 0.05) is 12.3 Å². The van der Waals surface area contributed by atoms with Crippen LogP contribution in [-0.2, 0) is 9.53 Å². The Morgan fingerprint density at radius 2 is 1.90 bits per heavy atom. The predicted octanol–water partition coefficient (Wildman–Crippen LogP) is 2.08. The van der Waals surface area contributed by atoms with E-state index in [4.69, 9.17) is 4.74 Å². The van der Waals surface area contributed by atoms with E-state index in [-0.39, 0.29) is 12.0 Å². The van der Waals surface area contributed by atoms with Crippen LogP contribution in [0.25, 0.3) is 0 Å². The maximum Gasteiger partial charge on any atom is 0.323 e. The summed E-state index contributed by atoms with van der Waals surface area (Å²) >= 11 is 0. The van der Waals surface area contributed by atoms with Crippen molar-refractivity contribution in [2.75, 3.05) is 33.3 Å². The fourth-order valence-electron chi connectivity index (χ4n) is 4.77. The molecule has 0 aromatic carbocycles. The fourth-order valence-corrected chi connectivity index (χ4v) is 4.77. The highest BCUT2D eigenvalue weighted by Gasteiger charge is 2.44. The smallest absolute Gasteiger partial charge is 0.323 e. The van der Waals surface area contributed by atoms with Crippen molar-refractivity contribution in [2.24, 2.45) is 5.92 Å². The van der Waals surface area contributed by atoms with Crippen molar-refractivity contribution in [3.8, 4) is 0 Å². The Balaban J connectivity index is 1.53. The summed E-state index contributed by atoms with van der Waals surface area (Å²) in [6.45, 7) is 4.24. The molecular formula is C17H31N2O2+. The SMILES string of the molecule is C[N@+]12CCCC[C@@H]1[C@H](COC(=O)[C@H]1CCCCN1)CCC2. The number of rotatable bonds is 3. The summed E-state index contributed by atoms with van der Waals surface area (Å²) < 4.78 is 6.93. The third kappa shape index (κ3) is 3.42. The quantitative estimate of drug-likeness (QED) is 0.640. The van der Waals surface area contributed by atoms with Gasteiger partial charge in [0.1, 0.15) is 6.04 Å². The zero-order valence-electron chi connectivity index (χ0n) is 13.5. The number of nitrogens with zero attached hydrogens (tertiary/aromatic N) is 1. The Morgan fingerprint density at radius 1 is 1.10 bits per heavy atom. The van der Waals surface area contributed by atoms with Gasteiger partial charge in [-0.2, -0.15) is 0 Å². The van der Waals surface area contributed by atoms with Gasteiger partial charge >= 0.3 is 5.97 Å². The highest BCUT2D eigenvalue weighted by molar-refractivity contribution is 5.75. The largest absolute Gasteiger partial charge is 0.464 e. The van der Waals surface area contributed by atoms with E-state index in [0.717, 1.165) is 25.4 Å². The summed E-state index contributed by atoms with van der Waals surface area (Å²) in [5.41, 5.74) is 0. The van der Waals surface area contributed by atoms with Gasteiger partial charge in [-0.15, -0.1) is 0 Å². The molecule has 120 valence electrons. The number of esters is 1. The van der Waals surface area contributed by atoms with E-state index in [1.807, 2.05) is 0 Å².